The van der Waals surface area contributed by atoms with Gasteiger partial charge in [-0.15, -0.1) is 0 Å². The Morgan fingerprint density at radius 1 is 1.21 bits per heavy atom. The minimum Gasteiger partial charge on any atom is -0.329 e. The predicted octanol–water partition coefficient (Wildman–Crippen LogP) is 2.48. The topological polar surface area (TPSA) is 29.3 Å². The molecule has 0 saturated heterocycles. The van der Waals surface area contributed by atoms with E-state index < -0.39 is 0 Å². The van der Waals surface area contributed by atoms with Crippen LogP contribution in [0, 0.1) is 5.41 Å². The molecule has 0 spiro atoms. The van der Waals surface area contributed by atoms with Gasteiger partial charge in [0.1, 0.15) is 0 Å². The number of hydrogen-bond donors (Lipinski definition) is 1. The molecule has 2 atom stereocenters. The van der Waals surface area contributed by atoms with Gasteiger partial charge in [0.25, 0.3) is 0 Å². The van der Waals surface area contributed by atoms with Crippen molar-refractivity contribution in [3.05, 3.63) is 0 Å². The summed E-state index contributed by atoms with van der Waals surface area (Å²) in [5, 5.41) is 0. The summed E-state index contributed by atoms with van der Waals surface area (Å²) >= 11 is 0. The maximum atomic E-state index is 5.89. The smallest absolute Gasteiger partial charge is 0.0269 e. The lowest BCUT2D eigenvalue weighted by Gasteiger charge is -2.42. The maximum absolute atomic E-state index is 5.89. The number of rotatable bonds is 5. The zero-order valence-corrected chi connectivity index (χ0v) is 10.8. The third-order valence-electron chi connectivity index (χ3n) is 3.15. The highest BCUT2D eigenvalue weighted by Gasteiger charge is 2.30. The summed E-state index contributed by atoms with van der Waals surface area (Å²) in [6, 6.07) is 1.12. The van der Waals surface area contributed by atoms with Gasteiger partial charge in [0.05, 0.1) is 0 Å². The zero-order valence-electron chi connectivity index (χ0n) is 10.8. The third-order valence-corrected chi connectivity index (χ3v) is 3.15. The van der Waals surface area contributed by atoms with Crippen LogP contribution >= 0.6 is 0 Å². The third kappa shape index (κ3) is 3.58. The Bertz CT molecular complexity index is 149. The minimum absolute atomic E-state index is 0.272. The van der Waals surface area contributed by atoms with E-state index in [-0.39, 0.29) is 5.41 Å². The molecule has 0 aliphatic heterocycles. The van der Waals surface area contributed by atoms with Gasteiger partial charge in [-0.3, -0.25) is 4.90 Å². The Hall–Kier alpha value is -0.0800. The molecule has 0 aliphatic carbocycles. The van der Waals surface area contributed by atoms with Crippen molar-refractivity contribution in [1.29, 1.82) is 0 Å². The summed E-state index contributed by atoms with van der Waals surface area (Å²) < 4.78 is 0. The van der Waals surface area contributed by atoms with Crippen LogP contribution in [0.3, 0.4) is 0 Å². The quantitative estimate of drug-likeness (QED) is 0.739. The summed E-state index contributed by atoms with van der Waals surface area (Å²) in [7, 11) is 0. The molecule has 0 rings (SSSR count). The van der Waals surface area contributed by atoms with Crippen LogP contribution in [0.2, 0.25) is 0 Å². The lowest BCUT2D eigenvalue weighted by molar-refractivity contribution is 0.0731. The molecule has 0 heterocycles. The van der Waals surface area contributed by atoms with Gasteiger partial charge in [0.15, 0.2) is 0 Å². The Labute approximate surface area is 89.9 Å². The zero-order chi connectivity index (χ0) is 11.4. The van der Waals surface area contributed by atoms with Gasteiger partial charge in [0.2, 0.25) is 0 Å². The average molecular weight is 200 g/mol. The van der Waals surface area contributed by atoms with E-state index in [0.29, 0.717) is 12.1 Å². The van der Waals surface area contributed by atoms with Crippen LogP contribution in [0.1, 0.15) is 48.0 Å². The second-order valence-electron chi connectivity index (χ2n) is 5.21. The highest BCUT2D eigenvalue weighted by Crippen LogP contribution is 2.25. The fraction of sp³-hybridized carbons (Fsp3) is 1.00. The Balaban J connectivity index is 4.61. The molecule has 0 fully saturated rings. The maximum Gasteiger partial charge on any atom is 0.0269 e. The normalized spacial score (nSPS) is 17.1. The van der Waals surface area contributed by atoms with Crippen molar-refractivity contribution in [3.8, 4) is 0 Å². The Kier molecular flexibility index (Phi) is 5.68. The van der Waals surface area contributed by atoms with Crippen molar-refractivity contribution in [2.75, 3.05) is 13.1 Å². The van der Waals surface area contributed by atoms with Gasteiger partial charge in [-0.25, -0.2) is 0 Å². The van der Waals surface area contributed by atoms with Crippen molar-refractivity contribution in [2.45, 2.75) is 60.0 Å². The lowest BCUT2D eigenvalue weighted by atomic mass is 9.84. The van der Waals surface area contributed by atoms with Gasteiger partial charge in [-0.05, 0) is 25.3 Å². The summed E-state index contributed by atoms with van der Waals surface area (Å²) in [5.41, 5.74) is 6.16. The highest BCUT2D eigenvalue weighted by molar-refractivity contribution is 4.85. The second-order valence-corrected chi connectivity index (χ2v) is 5.21. The van der Waals surface area contributed by atoms with Crippen molar-refractivity contribution in [1.82, 2.24) is 4.90 Å². The van der Waals surface area contributed by atoms with Crippen LogP contribution in [0.5, 0.6) is 0 Å². The molecule has 0 aromatic carbocycles. The summed E-state index contributed by atoms with van der Waals surface area (Å²) in [4.78, 5) is 2.53. The van der Waals surface area contributed by atoms with Crippen molar-refractivity contribution < 1.29 is 0 Å². The summed E-state index contributed by atoms with van der Waals surface area (Å²) in [6.45, 7) is 15.4. The van der Waals surface area contributed by atoms with Crippen molar-refractivity contribution in [3.63, 3.8) is 0 Å². The van der Waals surface area contributed by atoms with E-state index in [1.165, 1.54) is 6.42 Å². The first-order valence-electron chi connectivity index (χ1n) is 5.84. The highest BCUT2D eigenvalue weighted by atomic mass is 15.2. The van der Waals surface area contributed by atoms with Crippen LogP contribution in [-0.4, -0.2) is 30.1 Å². The van der Waals surface area contributed by atoms with Gasteiger partial charge >= 0.3 is 0 Å². The van der Waals surface area contributed by atoms with Gasteiger partial charge in [0, 0.05) is 18.6 Å². The molecule has 0 saturated carbocycles. The fourth-order valence-electron chi connectivity index (χ4n) is 2.06. The van der Waals surface area contributed by atoms with Gasteiger partial charge < -0.3 is 5.73 Å². The van der Waals surface area contributed by atoms with E-state index in [4.69, 9.17) is 5.73 Å². The molecule has 2 heteroatoms. The van der Waals surface area contributed by atoms with E-state index in [0.717, 1.165) is 13.1 Å². The largest absolute Gasteiger partial charge is 0.329 e. The Morgan fingerprint density at radius 3 is 1.93 bits per heavy atom. The molecule has 0 radical (unpaired) electrons. The van der Waals surface area contributed by atoms with Crippen LogP contribution in [0.15, 0.2) is 0 Å². The van der Waals surface area contributed by atoms with E-state index in [1.54, 1.807) is 0 Å². The molecular weight excluding hydrogens is 172 g/mol. The molecule has 0 aromatic rings. The van der Waals surface area contributed by atoms with E-state index >= 15 is 0 Å². The number of hydrogen-bond acceptors (Lipinski definition) is 2. The van der Waals surface area contributed by atoms with E-state index in [2.05, 4.69) is 46.4 Å². The fourth-order valence-corrected chi connectivity index (χ4v) is 2.06. The van der Waals surface area contributed by atoms with Crippen molar-refractivity contribution in [2.24, 2.45) is 11.1 Å². The molecule has 86 valence electrons. The average Bonchev–Trinajstić information content (AvgIpc) is 2.10. The van der Waals surface area contributed by atoms with Gasteiger partial charge in [-0.2, -0.15) is 0 Å². The lowest BCUT2D eigenvalue weighted by Crippen LogP contribution is -2.52. The van der Waals surface area contributed by atoms with Gasteiger partial charge in [-0.1, -0.05) is 34.6 Å². The minimum atomic E-state index is 0.272. The number of nitrogens with two attached hydrogens (primary N) is 1. The molecule has 2 N–H and O–H groups in total. The Morgan fingerprint density at radius 2 is 1.71 bits per heavy atom. The molecule has 0 bridgehead atoms. The van der Waals surface area contributed by atoms with Crippen LogP contribution in [-0.2, 0) is 0 Å². The first-order chi connectivity index (χ1) is 6.38. The van der Waals surface area contributed by atoms with Crippen LogP contribution < -0.4 is 5.73 Å². The molecular formula is C12H28N2. The first-order valence-corrected chi connectivity index (χ1v) is 5.84. The SMILES string of the molecule is CCC(C)N(CC)C(CN)C(C)(C)C. The molecule has 2 nitrogen and oxygen atoms in total. The molecule has 14 heavy (non-hydrogen) atoms. The van der Waals surface area contributed by atoms with Crippen LogP contribution in [0.4, 0.5) is 0 Å². The molecule has 0 aromatic heterocycles. The summed E-state index contributed by atoms with van der Waals surface area (Å²) in [6.07, 6.45) is 1.19. The molecule has 0 amide bonds. The monoisotopic (exact) mass is 200 g/mol. The summed E-state index contributed by atoms with van der Waals surface area (Å²) in [5.74, 6) is 0. The van der Waals surface area contributed by atoms with Crippen molar-refractivity contribution >= 4 is 0 Å². The molecule has 0 aliphatic rings. The standard InChI is InChI=1S/C12H28N2/c1-7-10(3)14(8-2)11(9-13)12(4,5)6/h10-11H,7-9,13H2,1-6H3. The van der Waals surface area contributed by atoms with E-state index in [9.17, 15) is 0 Å². The number of nitrogens with zero attached hydrogens (tertiary/aromatic N) is 1. The van der Waals surface area contributed by atoms with E-state index in [1.807, 2.05) is 0 Å². The number of likely N-dealkylation sites (N-methyl/N-ethyl adjacent to an activating group) is 1. The first kappa shape index (κ1) is 13.9. The van der Waals surface area contributed by atoms with Crippen LogP contribution in [0.25, 0.3) is 0 Å². The predicted molar refractivity (Wildman–Crippen MR) is 64.4 cm³/mol. The second kappa shape index (κ2) is 5.72. The molecule has 2 unspecified atom stereocenters.